The second kappa shape index (κ2) is 21.4. The third kappa shape index (κ3) is 12.7. The number of anilines is 4. The first-order valence-corrected chi connectivity index (χ1v) is 19.1. The number of ketones is 1. The Morgan fingerprint density at radius 1 is 0.679 bits per heavy atom. The first kappa shape index (κ1) is 43.0. The first-order valence-electron chi connectivity index (χ1n) is 19.1. The Hall–Kier alpha value is -5.71. The average molecular weight is 771 g/mol. The van der Waals surface area contributed by atoms with Crippen LogP contribution in [0, 0.1) is 0 Å². The number of nitrogens with one attached hydrogen (secondary N) is 6. The van der Waals surface area contributed by atoms with Crippen molar-refractivity contribution in [3.63, 3.8) is 0 Å². The molecule has 1 aliphatic heterocycles. The highest BCUT2D eigenvalue weighted by molar-refractivity contribution is 6.10. The number of rotatable bonds is 21. The molecule has 7 N–H and O–H groups in total. The van der Waals surface area contributed by atoms with Crippen LogP contribution >= 0.6 is 0 Å². The fraction of sp³-hybridized carbons (Fsp3) is 0.425. The lowest BCUT2D eigenvalue weighted by molar-refractivity contribution is -0.126. The zero-order valence-corrected chi connectivity index (χ0v) is 32.8. The van der Waals surface area contributed by atoms with Crippen molar-refractivity contribution >= 4 is 57.8 Å². The van der Waals surface area contributed by atoms with Gasteiger partial charge in [0.25, 0.3) is 23.6 Å². The van der Waals surface area contributed by atoms with Gasteiger partial charge in [0.15, 0.2) is 5.78 Å². The largest absolute Gasteiger partial charge is 0.357 e. The van der Waals surface area contributed by atoms with Crippen molar-refractivity contribution in [2.75, 3.05) is 73.6 Å². The van der Waals surface area contributed by atoms with E-state index in [1.54, 1.807) is 18.2 Å². The normalized spacial score (nSPS) is 13.8. The molecule has 0 aliphatic carbocycles. The van der Waals surface area contributed by atoms with Crippen LogP contribution in [0.2, 0.25) is 0 Å². The lowest BCUT2D eigenvalue weighted by Crippen LogP contribution is -2.31. The van der Waals surface area contributed by atoms with Gasteiger partial charge in [0.1, 0.15) is 0 Å². The number of hydrogen-bond acceptors (Lipinski definition) is 12. The fourth-order valence-corrected chi connectivity index (χ4v) is 5.99. The quantitative estimate of drug-likeness (QED) is 0.0453. The van der Waals surface area contributed by atoms with E-state index in [1.807, 2.05) is 0 Å². The number of amides is 4. The van der Waals surface area contributed by atoms with Crippen LogP contribution < -0.4 is 31.9 Å². The van der Waals surface area contributed by atoms with E-state index in [0.717, 1.165) is 52.1 Å². The SMILES string of the molecule is CCN(CC)CCCNC(=O)c1cc(NC(=O)c2ccc(N=NC(C(C)=O)C(=O)Nc3ccc4c(c3)NC(O)N4)cc2)cc(C(=O)NCCCN(CC)CC)c1. The maximum Gasteiger partial charge on any atom is 0.258 e. The molecule has 300 valence electrons. The van der Waals surface area contributed by atoms with E-state index in [1.165, 1.54) is 49.4 Å². The van der Waals surface area contributed by atoms with Gasteiger partial charge in [-0.15, -0.1) is 0 Å². The third-order valence-electron chi connectivity index (χ3n) is 9.30. The van der Waals surface area contributed by atoms with Crippen molar-refractivity contribution in [2.45, 2.75) is 59.9 Å². The predicted molar refractivity (Wildman–Crippen MR) is 218 cm³/mol. The van der Waals surface area contributed by atoms with Gasteiger partial charge >= 0.3 is 0 Å². The maximum atomic E-state index is 13.4. The molecule has 0 aromatic heterocycles. The highest BCUT2D eigenvalue weighted by Gasteiger charge is 2.24. The zero-order chi connectivity index (χ0) is 40.6. The average Bonchev–Trinajstić information content (AvgIpc) is 3.57. The Morgan fingerprint density at radius 3 is 1.77 bits per heavy atom. The van der Waals surface area contributed by atoms with E-state index >= 15 is 0 Å². The van der Waals surface area contributed by atoms with Crippen molar-refractivity contribution in [1.29, 1.82) is 0 Å². The minimum atomic E-state index is -1.43. The summed E-state index contributed by atoms with van der Waals surface area (Å²) in [5.74, 6) is -2.42. The van der Waals surface area contributed by atoms with E-state index in [2.05, 4.69) is 79.6 Å². The zero-order valence-electron chi connectivity index (χ0n) is 32.8. The molecule has 2 atom stereocenters. The van der Waals surface area contributed by atoms with Gasteiger partial charge in [-0.05, 0) is 120 Å². The van der Waals surface area contributed by atoms with Crippen LogP contribution in [-0.2, 0) is 9.59 Å². The lowest BCUT2D eigenvalue weighted by atomic mass is 10.1. The predicted octanol–water partition coefficient (Wildman–Crippen LogP) is 4.66. The molecule has 0 fully saturated rings. The van der Waals surface area contributed by atoms with Gasteiger partial charge < -0.3 is 46.8 Å². The number of carbonyl (C=O) groups is 5. The lowest BCUT2D eigenvalue weighted by Gasteiger charge is -2.18. The van der Waals surface area contributed by atoms with Crippen LogP contribution in [-0.4, -0.2) is 109 Å². The molecule has 3 aromatic rings. The fourth-order valence-electron chi connectivity index (χ4n) is 5.99. The van der Waals surface area contributed by atoms with Gasteiger partial charge in [-0.25, -0.2) is 0 Å². The highest BCUT2D eigenvalue weighted by atomic mass is 16.3. The molecule has 0 bridgehead atoms. The van der Waals surface area contributed by atoms with Crippen LogP contribution in [0.15, 0.2) is 70.9 Å². The molecule has 0 saturated carbocycles. The Kier molecular flexibility index (Phi) is 16.4. The Bertz CT molecular complexity index is 1810. The molecule has 0 radical (unpaired) electrons. The molecule has 56 heavy (non-hydrogen) atoms. The summed E-state index contributed by atoms with van der Waals surface area (Å²) in [6, 6.07) is 14.1. The third-order valence-corrected chi connectivity index (χ3v) is 9.30. The van der Waals surface area contributed by atoms with E-state index in [9.17, 15) is 29.1 Å². The number of fused-ring (bicyclic) bond motifs is 1. The van der Waals surface area contributed by atoms with E-state index in [4.69, 9.17) is 0 Å². The van der Waals surface area contributed by atoms with E-state index in [-0.39, 0.29) is 34.2 Å². The van der Waals surface area contributed by atoms with Gasteiger partial charge in [0.2, 0.25) is 12.4 Å². The number of carbonyl (C=O) groups excluding carboxylic acids is 5. The van der Waals surface area contributed by atoms with Gasteiger partial charge in [-0.2, -0.15) is 10.2 Å². The second-order valence-electron chi connectivity index (χ2n) is 13.2. The number of aliphatic hydroxyl groups is 1. The Morgan fingerprint density at radius 2 is 1.23 bits per heavy atom. The summed E-state index contributed by atoms with van der Waals surface area (Å²) in [4.78, 5) is 69.6. The number of nitrogens with zero attached hydrogens (tertiary/aromatic N) is 4. The van der Waals surface area contributed by atoms with E-state index in [0.29, 0.717) is 35.8 Å². The standard InChI is InChI=1S/C40H54N10O6/c1-6-49(7-2)20-10-18-41-36(52)28-22-29(37(53)42-19-11-21-50(8-3)9-4)24-32(23-28)44-38(54)27-12-14-30(15-13-27)47-48-35(26(5)51)39(55)43-31-16-17-33-34(25-31)46-40(56)45-33/h12-17,22-25,35,40,45-46,56H,6-11,18-21H2,1-5H3,(H,41,52)(H,42,53)(H,43,55)(H,44,54). The number of hydrogen-bond donors (Lipinski definition) is 7. The summed E-state index contributed by atoms with van der Waals surface area (Å²) in [6.07, 6.45) is 0.580. The van der Waals surface area contributed by atoms with Crippen LogP contribution in [0.3, 0.4) is 0 Å². The molecule has 1 aliphatic rings. The number of aliphatic hydroxyl groups excluding tert-OH is 1. The molecule has 0 spiro atoms. The molecule has 2 unspecified atom stereocenters. The molecule has 0 saturated heterocycles. The molecule has 1 heterocycles. The summed E-state index contributed by atoms with van der Waals surface area (Å²) < 4.78 is 0. The molecule has 3 aromatic carbocycles. The molecule has 4 rings (SSSR count). The summed E-state index contributed by atoms with van der Waals surface area (Å²) in [5, 5.41) is 34.6. The van der Waals surface area contributed by atoms with Crippen molar-refractivity contribution in [1.82, 2.24) is 20.4 Å². The van der Waals surface area contributed by atoms with Crippen molar-refractivity contribution < 1.29 is 29.1 Å². The molecular weight excluding hydrogens is 717 g/mol. The van der Waals surface area contributed by atoms with Gasteiger partial charge in [-0.3, -0.25) is 24.0 Å². The van der Waals surface area contributed by atoms with Gasteiger partial charge in [-0.1, -0.05) is 27.7 Å². The smallest absolute Gasteiger partial charge is 0.258 e. The molecule has 4 amide bonds. The van der Waals surface area contributed by atoms with Gasteiger partial charge in [0, 0.05) is 41.2 Å². The van der Waals surface area contributed by atoms with Crippen LogP contribution in [0.5, 0.6) is 0 Å². The number of benzene rings is 3. The van der Waals surface area contributed by atoms with Crippen LogP contribution in [0.1, 0.15) is 78.5 Å². The minimum absolute atomic E-state index is 0.238. The maximum absolute atomic E-state index is 13.4. The number of Topliss-reactive ketones (excluding diaryl/α,β-unsaturated/α-hetero) is 1. The summed E-state index contributed by atoms with van der Waals surface area (Å²) in [5.41, 5.74) is 2.93. The van der Waals surface area contributed by atoms with Crippen LogP contribution in [0.4, 0.5) is 28.4 Å². The van der Waals surface area contributed by atoms with Gasteiger partial charge in [0.05, 0.1) is 17.1 Å². The number of azo groups is 1. The Labute approximate surface area is 327 Å². The van der Waals surface area contributed by atoms with Crippen molar-refractivity contribution in [3.8, 4) is 0 Å². The van der Waals surface area contributed by atoms with Crippen molar-refractivity contribution in [2.24, 2.45) is 10.2 Å². The monoisotopic (exact) mass is 770 g/mol. The molecule has 16 nitrogen and oxygen atoms in total. The highest BCUT2D eigenvalue weighted by Crippen LogP contribution is 2.31. The first-order chi connectivity index (χ1) is 26.9. The minimum Gasteiger partial charge on any atom is -0.357 e. The molecular formula is C40H54N10O6. The second-order valence-corrected chi connectivity index (χ2v) is 13.2. The van der Waals surface area contributed by atoms with E-state index < -0.39 is 30.0 Å². The molecule has 16 heteroatoms. The Balaban J connectivity index is 1.42. The topological polar surface area (TPSA) is 209 Å². The summed E-state index contributed by atoms with van der Waals surface area (Å²) in [7, 11) is 0. The van der Waals surface area contributed by atoms with Crippen molar-refractivity contribution in [3.05, 3.63) is 77.4 Å². The van der Waals surface area contributed by atoms with Crippen LogP contribution in [0.25, 0.3) is 0 Å². The summed E-state index contributed by atoms with van der Waals surface area (Å²) >= 11 is 0. The summed E-state index contributed by atoms with van der Waals surface area (Å²) in [6.45, 7) is 15.9.